The molecule has 3 saturated heterocycles. The summed E-state index contributed by atoms with van der Waals surface area (Å²) < 4.78 is 7.14. The Balaban J connectivity index is 0.000000550. The molecule has 5 heterocycles. The first kappa shape index (κ1) is 27.4. The number of nitrogens with zero attached hydrogens (tertiary/aromatic N) is 7. The van der Waals surface area contributed by atoms with Crippen molar-refractivity contribution in [3.63, 3.8) is 0 Å². The second-order valence-corrected chi connectivity index (χ2v) is 9.08. The van der Waals surface area contributed by atoms with E-state index in [1.54, 1.807) is 4.52 Å². The minimum Gasteiger partial charge on any atom is -0.483 e. The van der Waals surface area contributed by atoms with Gasteiger partial charge in [0.05, 0.1) is 18.6 Å². The molecule has 5 rings (SSSR count). The summed E-state index contributed by atoms with van der Waals surface area (Å²) in [5, 5.41) is 17.9. The number of aryl methyl sites for hydroxylation is 1. The third-order valence-electron chi connectivity index (χ3n) is 6.95. The first-order chi connectivity index (χ1) is 17.5. The van der Waals surface area contributed by atoms with Crippen LogP contribution in [0.1, 0.15) is 24.8 Å². The predicted molar refractivity (Wildman–Crippen MR) is 128 cm³/mol. The number of hydrogen-bond acceptors (Lipinski definition) is 9. The molecule has 2 N–H and O–H groups in total. The molecule has 0 aliphatic carbocycles. The molecule has 1 unspecified atom stereocenters. The van der Waals surface area contributed by atoms with E-state index in [0.29, 0.717) is 11.7 Å². The molecule has 0 saturated carbocycles. The molecule has 36 heavy (non-hydrogen) atoms. The summed E-state index contributed by atoms with van der Waals surface area (Å²) in [5.41, 5.74) is 1.04. The number of fused-ring (bicyclic) bond motifs is 1. The van der Waals surface area contributed by atoms with Crippen LogP contribution in [0.2, 0.25) is 0 Å². The monoisotopic (exact) mass is 505 g/mol. The van der Waals surface area contributed by atoms with E-state index in [9.17, 15) is 4.79 Å². The highest BCUT2D eigenvalue weighted by Crippen LogP contribution is 2.40. The number of carboxylic acid groups (broad SMARTS) is 2. The maximum Gasteiger partial charge on any atom is 0.290 e. The van der Waals surface area contributed by atoms with Crippen LogP contribution < -0.4 is 0 Å². The normalized spacial score (nSPS) is 22.2. The highest BCUT2D eigenvalue weighted by Gasteiger charge is 2.50. The van der Waals surface area contributed by atoms with E-state index in [4.69, 9.17) is 24.5 Å². The van der Waals surface area contributed by atoms with Crippen LogP contribution in [0.4, 0.5) is 0 Å². The van der Waals surface area contributed by atoms with E-state index in [2.05, 4.69) is 29.8 Å². The minimum absolute atomic E-state index is 0.133. The lowest BCUT2D eigenvalue weighted by Gasteiger charge is -2.29. The molecule has 2 aromatic rings. The number of carbonyl (C=O) groups is 3. The molecule has 1 atom stereocenters. The Kier molecular flexibility index (Phi) is 10.5. The molecular weight excluding hydrogens is 470 g/mol. The van der Waals surface area contributed by atoms with Crippen LogP contribution in [0.15, 0.2) is 18.7 Å². The van der Waals surface area contributed by atoms with Gasteiger partial charge >= 0.3 is 0 Å². The summed E-state index contributed by atoms with van der Waals surface area (Å²) in [6, 6.07) is 0. The minimum atomic E-state index is -0.250. The van der Waals surface area contributed by atoms with E-state index < -0.39 is 0 Å². The summed E-state index contributed by atoms with van der Waals surface area (Å²) in [5.74, 6) is 1.03. The van der Waals surface area contributed by atoms with Gasteiger partial charge < -0.3 is 24.7 Å². The number of hydrogen-bond donors (Lipinski definition) is 2. The molecular formula is C23H35N7O6. The van der Waals surface area contributed by atoms with Crippen molar-refractivity contribution in [3.8, 4) is 0 Å². The quantitative estimate of drug-likeness (QED) is 0.477. The van der Waals surface area contributed by atoms with Crippen molar-refractivity contribution in [3.05, 3.63) is 24.3 Å². The van der Waals surface area contributed by atoms with Gasteiger partial charge in [0.15, 0.2) is 0 Å². The third kappa shape index (κ3) is 7.18. The molecule has 198 valence electrons. The van der Waals surface area contributed by atoms with Crippen LogP contribution in [-0.2, 0) is 25.5 Å². The third-order valence-corrected chi connectivity index (χ3v) is 6.95. The van der Waals surface area contributed by atoms with Crippen LogP contribution >= 0.6 is 0 Å². The van der Waals surface area contributed by atoms with Crippen molar-refractivity contribution in [1.29, 1.82) is 0 Å². The number of carbonyl (C=O) groups excluding carboxylic acids is 1. The summed E-state index contributed by atoms with van der Waals surface area (Å²) in [7, 11) is 0. The zero-order valence-electron chi connectivity index (χ0n) is 20.4. The fraction of sp³-hybridized carbons (Fsp3) is 0.652. The lowest BCUT2D eigenvalue weighted by molar-refractivity contribution is -0.135. The van der Waals surface area contributed by atoms with Crippen LogP contribution in [0.5, 0.6) is 0 Å². The van der Waals surface area contributed by atoms with Gasteiger partial charge in [-0.15, -0.1) is 0 Å². The molecule has 2 aromatic heterocycles. The highest BCUT2D eigenvalue weighted by molar-refractivity contribution is 5.85. The Morgan fingerprint density at radius 1 is 0.972 bits per heavy atom. The number of likely N-dealkylation sites (tertiary alicyclic amines) is 2. The molecule has 0 aromatic carbocycles. The van der Waals surface area contributed by atoms with Gasteiger partial charge in [-0.2, -0.15) is 10.1 Å². The molecule has 13 nitrogen and oxygen atoms in total. The molecule has 0 bridgehead atoms. The SMILES string of the molecule is O=C1N(CCN2CCOCC2)CCC12CCN(CCCc1cnc3ncnn3c1)C2.O=CO.O=CO. The Bertz CT molecular complexity index is 977. The first-order valence-corrected chi connectivity index (χ1v) is 12.2. The molecule has 3 aliphatic heterocycles. The van der Waals surface area contributed by atoms with Crippen molar-refractivity contribution in [1.82, 2.24) is 34.3 Å². The highest BCUT2D eigenvalue weighted by atomic mass is 16.5. The molecule has 1 amide bonds. The van der Waals surface area contributed by atoms with Gasteiger partial charge in [-0.25, -0.2) is 9.50 Å². The zero-order chi connectivity index (χ0) is 25.8. The Hall–Kier alpha value is -3.16. The molecule has 1 spiro atoms. The fourth-order valence-corrected chi connectivity index (χ4v) is 5.12. The molecule has 3 aliphatic rings. The Morgan fingerprint density at radius 3 is 2.44 bits per heavy atom. The van der Waals surface area contributed by atoms with Crippen molar-refractivity contribution in [2.75, 3.05) is 65.6 Å². The van der Waals surface area contributed by atoms with Gasteiger partial charge in [0.2, 0.25) is 5.91 Å². The van der Waals surface area contributed by atoms with Gasteiger partial charge in [0, 0.05) is 51.7 Å². The van der Waals surface area contributed by atoms with Crippen molar-refractivity contribution < 1.29 is 29.3 Å². The van der Waals surface area contributed by atoms with E-state index in [1.807, 2.05) is 12.4 Å². The number of ether oxygens (including phenoxy) is 1. The molecule has 13 heteroatoms. The lowest BCUT2D eigenvalue weighted by atomic mass is 9.85. The number of rotatable bonds is 7. The van der Waals surface area contributed by atoms with Crippen LogP contribution in [-0.4, -0.2) is 129 Å². The summed E-state index contributed by atoms with van der Waals surface area (Å²) in [6.07, 6.45) is 9.47. The topological polar surface area (TPSA) is 154 Å². The Labute approximate surface area is 209 Å². The largest absolute Gasteiger partial charge is 0.483 e. The number of morpholine rings is 1. The Morgan fingerprint density at radius 2 is 1.69 bits per heavy atom. The van der Waals surface area contributed by atoms with Gasteiger partial charge in [-0.1, -0.05) is 0 Å². The van der Waals surface area contributed by atoms with Crippen molar-refractivity contribution in [2.45, 2.75) is 25.7 Å². The zero-order valence-corrected chi connectivity index (χ0v) is 20.4. The van der Waals surface area contributed by atoms with Gasteiger partial charge in [0.1, 0.15) is 6.33 Å². The average Bonchev–Trinajstić information content (AvgIpc) is 3.60. The van der Waals surface area contributed by atoms with E-state index in [1.165, 1.54) is 11.9 Å². The molecule has 3 fully saturated rings. The first-order valence-electron chi connectivity index (χ1n) is 12.2. The van der Waals surface area contributed by atoms with Crippen molar-refractivity contribution >= 4 is 24.6 Å². The second kappa shape index (κ2) is 13.8. The number of aromatic nitrogens is 4. The molecule has 0 radical (unpaired) electrons. The summed E-state index contributed by atoms with van der Waals surface area (Å²) in [4.78, 5) is 45.3. The second-order valence-electron chi connectivity index (χ2n) is 9.08. The van der Waals surface area contributed by atoms with Gasteiger partial charge in [0.25, 0.3) is 18.7 Å². The fourth-order valence-electron chi connectivity index (χ4n) is 5.12. The van der Waals surface area contributed by atoms with Crippen LogP contribution in [0.3, 0.4) is 0 Å². The van der Waals surface area contributed by atoms with Crippen molar-refractivity contribution in [2.24, 2.45) is 5.41 Å². The maximum absolute atomic E-state index is 13.2. The number of amides is 1. The standard InChI is InChI=1S/C21H31N7O2.2CH2O2/c29-19-21(4-7-27(19)9-8-25-10-12-30-13-11-25)3-6-26(16-21)5-1-2-18-14-22-20-23-17-24-28(20)15-18;2*2-1-3/h14-15,17H,1-13,16H2;2*1H,(H,2,3). The smallest absolute Gasteiger partial charge is 0.290 e. The summed E-state index contributed by atoms with van der Waals surface area (Å²) >= 11 is 0. The van der Waals surface area contributed by atoms with E-state index in [0.717, 1.165) is 91.3 Å². The van der Waals surface area contributed by atoms with E-state index >= 15 is 0 Å². The predicted octanol–water partition coefficient (Wildman–Crippen LogP) is -0.285. The maximum atomic E-state index is 13.2. The summed E-state index contributed by atoms with van der Waals surface area (Å²) in [6.45, 7) is 8.83. The van der Waals surface area contributed by atoms with Gasteiger partial charge in [-0.05, 0) is 44.3 Å². The van der Waals surface area contributed by atoms with Crippen LogP contribution in [0.25, 0.3) is 5.78 Å². The average molecular weight is 506 g/mol. The van der Waals surface area contributed by atoms with Gasteiger partial charge in [-0.3, -0.25) is 19.3 Å². The van der Waals surface area contributed by atoms with Crippen LogP contribution in [0, 0.1) is 5.41 Å². The lowest BCUT2D eigenvalue weighted by Crippen LogP contribution is -2.43. The van der Waals surface area contributed by atoms with E-state index in [-0.39, 0.29) is 18.4 Å².